The van der Waals surface area contributed by atoms with E-state index in [1.165, 1.54) is 66.8 Å². The summed E-state index contributed by atoms with van der Waals surface area (Å²) in [7, 11) is 0. The number of fused-ring (bicyclic) bond motifs is 13. The predicted octanol–water partition coefficient (Wildman–Crippen LogP) is 19.7. The molecule has 0 saturated carbocycles. The fourth-order valence-corrected chi connectivity index (χ4v) is 12.5. The van der Waals surface area contributed by atoms with E-state index in [4.69, 9.17) is 4.42 Å². The summed E-state index contributed by atoms with van der Waals surface area (Å²) >= 11 is 0. The molecule has 1 aromatic heterocycles. The third-order valence-corrected chi connectivity index (χ3v) is 15.9. The highest BCUT2D eigenvalue weighted by Crippen LogP contribution is 2.63. The average molecular weight is 954 g/mol. The Kier molecular flexibility index (Phi) is 9.83. The maximum atomic E-state index is 6.82. The lowest BCUT2D eigenvalue weighted by molar-refractivity contribution is 0.671. The first-order valence-corrected chi connectivity index (χ1v) is 25.9. The molecule has 0 saturated heterocycles. The van der Waals surface area contributed by atoms with Crippen LogP contribution in [0.1, 0.15) is 22.3 Å². The molecule has 13 aromatic rings. The van der Waals surface area contributed by atoms with E-state index in [9.17, 15) is 0 Å². The molecule has 0 bridgehead atoms. The Labute approximate surface area is 436 Å². The first-order valence-electron chi connectivity index (χ1n) is 25.9. The van der Waals surface area contributed by atoms with Crippen LogP contribution in [0.25, 0.3) is 99.8 Å². The summed E-state index contributed by atoms with van der Waals surface area (Å²) in [4.78, 5) is 2.36. The van der Waals surface area contributed by atoms with E-state index in [2.05, 4.69) is 290 Å². The van der Waals surface area contributed by atoms with Crippen LogP contribution in [0.2, 0.25) is 0 Å². The maximum Gasteiger partial charge on any atom is 0.143 e. The van der Waals surface area contributed by atoms with Crippen LogP contribution in [0.3, 0.4) is 0 Å². The van der Waals surface area contributed by atoms with E-state index in [0.29, 0.717) is 0 Å². The number of anilines is 3. The summed E-state index contributed by atoms with van der Waals surface area (Å²) in [6.07, 6.45) is 0. The summed E-state index contributed by atoms with van der Waals surface area (Å²) < 4.78 is 6.82. The highest BCUT2D eigenvalue weighted by molar-refractivity contribution is 6.13. The fourth-order valence-electron chi connectivity index (χ4n) is 12.5. The van der Waals surface area contributed by atoms with Gasteiger partial charge < -0.3 is 9.32 Å². The van der Waals surface area contributed by atoms with Gasteiger partial charge in [-0.15, -0.1) is 0 Å². The van der Waals surface area contributed by atoms with Crippen molar-refractivity contribution in [2.75, 3.05) is 4.90 Å². The topological polar surface area (TPSA) is 16.4 Å². The van der Waals surface area contributed by atoms with Crippen molar-refractivity contribution in [2.24, 2.45) is 0 Å². The molecule has 2 aliphatic carbocycles. The van der Waals surface area contributed by atoms with Crippen molar-refractivity contribution in [1.82, 2.24) is 0 Å². The molecular formula is C73H47NO. The van der Waals surface area contributed by atoms with Gasteiger partial charge in [-0.05, 0) is 138 Å². The Bertz CT molecular complexity index is 4280. The van der Waals surface area contributed by atoms with E-state index in [1.54, 1.807) is 0 Å². The summed E-state index contributed by atoms with van der Waals surface area (Å²) in [5, 5.41) is 2.24. The molecule has 0 unspecified atom stereocenters. The van der Waals surface area contributed by atoms with E-state index in [0.717, 1.165) is 72.4 Å². The molecule has 350 valence electrons. The lowest BCUT2D eigenvalue weighted by atomic mass is 9.70. The van der Waals surface area contributed by atoms with Gasteiger partial charge in [0, 0.05) is 39.0 Å². The molecule has 0 amide bonds. The van der Waals surface area contributed by atoms with Crippen LogP contribution in [-0.2, 0) is 5.41 Å². The molecule has 12 aromatic carbocycles. The standard InChI is InChI=1S/C73H47NO/c1-3-16-48(17-4-1)49-32-39-56(40-33-49)74(57-41-34-50(35-42-57)53-20-13-21-55(46-53)60-26-15-28-65-64-27-14-25-59(71(64)75-72(60)65)52-18-5-2-6-19-52)58-43-36-51(37-44-58)54-38-45-70-66(47-54)63-24-9-12-31-69(63)73(70)67-29-10-7-22-61(67)62-23-8-11-30-68(62)73/h1-47H. The van der Waals surface area contributed by atoms with Gasteiger partial charge in [0.2, 0.25) is 0 Å². The Hall–Kier alpha value is -9.76. The highest BCUT2D eigenvalue weighted by atomic mass is 16.3. The number of hydrogen-bond acceptors (Lipinski definition) is 2. The summed E-state index contributed by atoms with van der Waals surface area (Å²) in [5.41, 5.74) is 26.9. The minimum absolute atomic E-state index is 0.353. The first-order chi connectivity index (χ1) is 37.2. The minimum atomic E-state index is -0.353. The predicted molar refractivity (Wildman–Crippen MR) is 312 cm³/mol. The van der Waals surface area contributed by atoms with Crippen LogP contribution in [0, 0.1) is 0 Å². The Morgan fingerprint density at radius 1 is 0.227 bits per heavy atom. The van der Waals surface area contributed by atoms with Gasteiger partial charge in [0.15, 0.2) is 0 Å². The lowest BCUT2D eigenvalue weighted by Crippen LogP contribution is -2.25. The van der Waals surface area contributed by atoms with Gasteiger partial charge >= 0.3 is 0 Å². The van der Waals surface area contributed by atoms with E-state index >= 15 is 0 Å². The molecule has 15 rings (SSSR count). The zero-order valence-electron chi connectivity index (χ0n) is 41.0. The van der Waals surface area contributed by atoms with Crippen molar-refractivity contribution in [3.8, 4) is 77.9 Å². The average Bonchev–Trinajstić information content (AvgIpc) is 4.33. The number of para-hydroxylation sites is 2. The van der Waals surface area contributed by atoms with Crippen molar-refractivity contribution < 1.29 is 4.42 Å². The van der Waals surface area contributed by atoms with Gasteiger partial charge in [-0.3, -0.25) is 0 Å². The molecule has 0 radical (unpaired) electrons. The highest BCUT2D eigenvalue weighted by Gasteiger charge is 2.51. The van der Waals surface area contributed by atoms with Crippen molar-refractivity contribution >= 4 is 39.0 Å². The summed E-state index contributed by atoms with van der Waals surface area (Å²) in [6.45, 7) is 0. The molecule has 75 heavy (non-hydrogen) atoms. The molecule has 0 fully saturated rings. The van der Waals surface area contributed by atoms with Crippen molar-refractivity contribution in [2.45, 2.75) is 5.41 Å². The molecule has 2 heteroatoms. The second-order valence-electron chi connectivity index (χ2n) is 19.9. The van der Waals surface area contributed by atoms with Crippen molar-refractivity contribution in [3.63, 3.8) is 0 Å². The molecule has 0 atom stereocenters. The van der Waals surface area contributed by atoms with E-state index in [1.807, 2.05) is 0 Å². The molecule has 0 N–H and O–H groups in total. The molecule has 1 heterocycles. The number of nitrogens with zero attached hydrogens (tertiary/aromatic N) is 1. The van der Waals surface area contributed by atoms with Crippen LogP contribution in [0.5, 0.6) is 0 Å². The second kappa shape index (κ2) is 17.2. The SMILES string of the molecule is c1ccc(-c2ccc(N(c3ccc(-c4cccc(-c5cccc6c5oc5c(-c7ccccc7)cccc56)c4)cc3)c3ccc(-c4ccc5c(c4)-c4ccccc4C54c5ccccc5-c5ccccc54)cc3)cc2)cc1. The van der Waals surface area contributed by atoms with Gasteiger partial charge in [0.1, 0.15) is 11.2 Å². The summed E-state index contributed by atoms with van der Waals surface area (Å²) in [6, 6.07) is 104. The number of hydrogen-bond donors (Lipinski definition) is 0. The second-order valence-corrected chi connectivity index (χ2v) is 19.9. The van der Waals surface area contributed by atoms with Crippen molar-refractivity contribution in [3.05, 3.63) is 307 Å². The minimum Gasteiger partial charge on any atom is -0.455 e. The normalized spacial score (nSPS) is 12.6. The Morgan fingerprint density at radius 3 is 1.11 bits per heavy atom. The number of benzene rings is 12. The third kappa shape index (κ3) is 6.73. The van der Waals surface area contributed by atoms with Crippen LogP contribution < -0.4 is 4.90 Å². The van der Waals surface area contributed by atoms with Crippen LogP contribution in [0.4, 0.5) is 17.1 Å². The molecular weight excluding hydrogens is 907 g/mol. The molecule has 2 nitrogen and oxygen atoms in total. The van der Waals surface area contributed by atoms with Gasteiger partial charge in [0.25, 0.3) is 0 Å². The first kappa shape index (κ1) is 42.9. The molecule has 0 aliphatic heterocycles. The van der Waals surface area contributed by atoms with Crippen LogP contribution >= 0.6 is 0 Å². The molecule has 2 aliphatic rings. The quantitative estimate of drug-likeness (QED) is 0.151. The smallest absolute Gasteiger partial charge is 0.143 e. The summed E-state index contributed by atoms with van der Waals surface area (Å²) in [5.74, 6) is 0. The van der Waals surface area contributed by atoms with Gasteiger partial charge in [-0.2, -0.15) is 0 Å². The fraction of sp³-hybridized carbons (Fsp3) is 0.0137. The number of furan rings is 1. The third-order valence-electron chi connectivity index (χ3n) is 15.9. The Balaban J connectivity index is 0.784. The maximum absolute atomic E-state index is 6.82. The Morgan fingerprint density at radius 2 is 0.573 bits per heavy atom. The zero-order chi connectivity index (χ0) is 49.5. The van der Waals surface area contributed by atoms with Gasteiger partial charge in [0.05, 0.1) is 5.41 Å². The van der Waals surface area contributed by atoms with E-state index in [-0.39, 0.29) is 5.41 Å². The lowest BCUT2D eigenvalue weighted by Gasteiger charge is -2.30. The van der Waals surface area contributed by atoms with Gasteiger partial charge in [-0.25, -0.2) is 0 Å². The van der Waals surface area contributed by atoms with Crippen LogP contribution in [-0.4, -0.2) is 0 Å². The number of rotatable bonds is 8. The van der Waals surface area contributed by atoms with Crippen LogP contribution in [0.15, 0.2) is 290 Å². The molecule has 1 spiro atoms. The van der Waals surface area contributed by atoms with Crippen molar-refractivity contribution in [1.29, 1.82) is 0 Å². The zero-order valence-corrected chi connectivity index (χ0v) is 41.0. The van der Waals surface area contributed by atoms with Gasteiger partial charge in [-0.1, -0.05) is 237 Å². The largest absolute Gasteiger partial charge is 0.455 e. The monoisotopic (exact) mass is 953 g/mol. The van der Waals surface area contributed by atoms with E-state index < -0.39 is 0 Å².